The number of hydrogen-bond donors (Lipinski definition) is 2. The zero-order chi connectivity index (χ0) is 13.6. The summed E-state index contributed by atoms with van der Waals surface area (Å²) in [7, 11) is 0. The average Bonchev–Trinajstić information content (AvgIpc) is 2.24. The fourth-order valence-corrected chi connectivity index (χ4v) is 2.31. The third-order valence-electron chi connectivity index (χ3n) is 3.42. The Morgan fingerprint density at radius 2 is 2.00 bits per heavy atom. The van der Waals surface area contributed by atoms with E-state index in [9.17, 15) is 18.0 Å². The third kappa shape index (κ3) is 2.14. The second-order valence-corrected chi connectivity index (χ2v) is 4.72. The summed E-state index contributed by atoms with van der Waals surface area (Å²) in [4.78, 5) is 13.4. The number of nitrogens with zero attached hydrogens (tertiary/aromatic N) is 1. The Balaban J connectivity index is 1.99. The fourth-order valence-electron chi connectivity index (χ4n) is 2.31. The Labute approximate surface area is 107 Å². The van der Waals surface area contributed by atoms with Gasteiger partial charge in [-0.2, -0.15) is 13.2 Å². The first kappa shape index (κ1) is 12.3. The molecule has 102 valence electrons. The molecule has 1 aromatic carbocycles. The van der Waals surface area contributed by atoms with Crippen molar-refractivity contribution in [3.63, 3.8) is 0 Å². The number of carbonyl (C=O) groups excluding carboxylic acids is 1. The van der Waals surface area contributed by atoms with E-state index < -0.39 is 11.7 Å². The minimum absolute atomic E-state index is 0.168. The van der Waals surface area contributed by atoms with Gasteiger partial charge in [-0.15, -0.1) is 0 Å². The number of carbonyl (C=O) groups is 1. The van der Waals surface area contributed by atoms with Gasteiger partial charge in [0.2, 0.25) is 5.91 Å². The van der Waals surface area contributed by atoms with Gasteiger partial charge in [-0.3, -0.25) is 4.79 Å². The van der Waals surface area contributed by atoms with E-state index in [1.807, 2.05) is 4.90 Å². The van der Waals surface area contributed by atoms with Crippen LogP contribution < -0.4 is 15.5 Å². The molecule has 7 heteroatoms. The van der Waals surface area contributed by atoms with Gasteiger partial charge in [-0.1, -0.05) is 0 Å². The molecule has 0 bridgehead atoms. The highest BCUT2D eigenvalue weighted by atomic mass is 19.4. The summed E-state index contributed by atoms with van der Waals surface area (Å²) >= 11 is 0. The number of nitrogens with one attached hydrogen (secondary N) is 2. The smallest absolute Gasteiger partial charge is 0.355 e. The largest absolute Gasteiger partial charge is 0.416 e. The number of rotatable bonds is 1. The Kier molecular flexibility index (Phi) is 2.67. The molecule has 2 heterocycles. The zero-order valence-electron chi connectivity index (χ0n) is 9.92. The van der Waals surface area contributed by atoms with Gasteiger partial charge in [0, 0.05) is 13.1 Å². The third-order valence-corrected chi connectivity index (χ3v) is 3.42. The first-order valence-corrected chi connectivity index (χ1v) is 5.93. The van der Waals surface area contributed by atoms with Crippen LogP contribution in [0.25, 0.3) is 0 Å². The van der Waals surface area contributed by atoms with Gasteiger partial charge < -0.3 is 15.5 Å². The molecule has 0 atom stereocenters. The SMILES string of the molecule is O=C1CN(C2CNC2)c2ccc(C(F)(F)F)cc2N1. The first-order chi connectivity index (χ1) is 8.95. The van der Waals surface area contributed by atoms with E-state index in [-0.39, 0.29) is 24.2 Å². The first-order valence-electron chi connectivity index (χ1n) is 5.93. The molecule has 0 aromatic heterocycles. The maximum atomic E-state index is 12.7. The van der Waals surface area contributed by atoms with Crippen LogP contribution in [-0.2, 0) is 11.0 Å². The van der Waals surface area contributed by atoms with Crippen molar-refractivity contribution in [2.24, 2.45) is 0 Å². The quantitative estimate of drug-likeness (QED) is 0.812. The molecular formula is C12H12F3N3O. The van der Waals surface area contributed by atoms with Crippen LogP contribution in [0.2, 0.25) is 0 Å². The van der Waals surface area contributed by atoms with Crippen LogP contribution in [0.5, 0.6) is 0 Å². The topological polar surface area (TPSA) is 44.4 Å². The molecule has 3 rings (SSSR count). The highest BCUT2D eigenvalue weighted by Crippen LogP contribution is 2.37. The van der Waals surface area contributed by atoms with Crippen LogP contribution in [-0.4, -0.2) is 31.6 Å². The summed E-state index contributed by atoms with van der Waals surface area (Å²) in [5, 5.41) is 5.59. The zero-order valence-corrected chi connectivity index (χ0v) is 9.92. The molecule has 1 saturated heterocycles. The molecule has 2 N–H and O–H groups in total. The van der Waals surface area contributed by atoms with Crippen LogP contribution in [0.1, 0.15) is 5.56 Å². The van der Waals surface area contributed by atoms with Gasteiger partial charge in [-0.05, 0) is 18.2 Å². The van der Waals surface area contributed by atoms with Crippen molar-refractivity contribution in [3.05, 3.63) is 23.8 Å². The summed E-state index contributed by atoms with van der Waals surface area (Å²) < 4.78 is 38.0. The molecule has 1 aromatic rings. The fraction of sp³-hybridized carbons (Fsp3) is 0.417. The summed E-state index contributed by atoms with van der Waals surface area (Å²) in [5.41, 5.74) is 0.136. The second kappa shape index (κ2) is 4.12. The van der Waals surface area contributed by atoms with E-state index in [1.54, 1.807) is 0 Å². The van der Waals surface area contributed by atoms with Gasteiger partial charge in [0.05, 0.1) is 29.5 Å². The van der Waals surface area contributed by atoms with E-state index in [1.165, 1.54) is 6.07 Å². The molecule has 0 saturated carbocycles. The molecule has 4 nitrogen and oxygen atoms in total. The number of fused-ring (bicyclic) bond motifs is 1. The number of alkyl halides is 3. The van der Waals surface area contributed by atoms with Crippen LogP contribution in [0, 0.1) is 0 Å². The van der Waals surface area contributed by atoms with E-state index in [0.29, 0.717) is 5.69 Å². The number of amides is 1. The molecule has 0 radical (unpaired) electrons. The maximum Gasteiger partial charge on any atom is 0.416 e. The summed E-state index contributed by atoms with van der Waals surface area (Å²) in [5.74, 6) is -0.279. The lowest BCUT2D eigenvalue weighted by atomic mass is 10.0. The van der Waals surface area contributed by atoms with Crippen LogP contribution in [0.4, 0.5) is 24.5 Å². The number of anilines is 2. The molecule has 19 heavy (non-hydrogen) atoms. The number of hydrogen-bond acceptors (Lipinski definition) is 3. The summed E-state index contributed by atoms with van der Waals surface area (Å²) in [6, 6.07) is 3.64. The summed E-state index contributed by atoms with van der Waals surface area (Å²) in [6.45, 7) is 1.67. The Morgan fingerprint density at radius 1 is 1.26 bits per heavy atom. The maximum absolute atomic E-state index is 12.7. The molecule has 2 aliphatic rings. The van der Waals surface area contributed by atoms with Crippen molar-refractivity contribution >= 4 is 17.3 Å². The van der Waals surface area contributed by atoms with Crippen molar-refractivity contribution < 1.29 is 18.0 Å². The van der Waals surface area contributed by atoms with Crippen molar-refractivity contribution in [2.75, 3.05) is 29.9 Å². The van der Waals surface area contributed by atoms with Crippen LogP contribution in [0.3, 0.4) is 0 Å². The van der Waals surface area contributed by atoms with Crippen molar-refractivity contribution in [1.82, 2.24) is 5.32 Å². The molecule has 0 aliphatic carbocycles. The van der Waals surface area contributed by atoms with E-state index in [0.717, 1.165) is 25.2 Å². The molecular weight excluding hydrogens is 259 g/mol. The van der Waals surface area contributed by atoms with Gasteiger partial charge in [-0.25, -0.2) is 0 Å². The Morgan fingerprint density at radius 3 is 2.58 bits per heavy atom. The minimum Gasteiger partial charge on any atom is -0.355 e. The predicted molar refractivity (Wildman–Crippen MR) is 64.1 cm³/mol. The second-order valence-electron chi connectivity index (χ2n) is 4.72. The van der Waals surface area contributed by atoms with Gasteiger partial charge in [0.25, 0.3) is 0 Å². The lowest BCUT2D eigenvalue weighted by molar-refractivity contribution is -0.137. The average molecular weight is 271 g/mol. The van der Waals surface area contributed by atoms with E-state index in [2.05, 4.69) is 10.6 Å². The lowest BCUT2D eigenvalue weighted by Gasteiger charge is -2.42. The number of benzene rings is 1. The normalized spacial score (nSPS) is 19.7. The van der Waals surface area contributed by atoms with Crippen LogP contribution >= 0.6 is 0 Å². The van der Waals surface area contributed by atoms with Gasteiger partial charge in [0.1, 0.15) is 0 Å². The highest BCUT2D eigenvalue weighted by Gasteiger charge is 2.35. The van der Waals surface area contributed by atoms with Gasteiger partial charge in [0.15, 0.2) is 0 Å². The molecule has 1 amide bonds. The predicted octanol–water partition coefficient (Wildman–Crippen LogP) is 1.44. The van der Waals surface area contributed by atoms with Crippen molar-refractivity contribution in [1.29, 1.82) is 0 Å². The Bertz CT molecular complexity index is 525. The standard InChI is InChI=1S/C12H12F3N3O/c13-12(14,15)7-1-2-10-9(3-7)17-11(19)6-18(10)8-4-16-5-8/h1-3,8,16H,4-6H2,(H,17,19). The van der Waals surface area contributed by atoms with Crippen molar-refractivity contribution in [3.8, 4) is 0 Å². The molecule has 1 fully saturated rings. The van der Waals surface area contributed by atoms with E-state index >= 15 is 0 Å². The Hall–Kier alpha value is -1.76. The van der Waals surface area contributed by atoms with E-state index in [4.69, 9.17) is 0 Å². The highest BCUT2D eigenvalue weighted by molar-refractivity contribution is 6.01. The van der Waals surface area contributed by atoms with Crippen molar-refractivity contribution in [2.45, 2.75) is 12.2 Å². The van der Waals surface area contributed by atoms with Crippen LogP contribution in [0.15, 0.2) is 18.2 Å². The molecule has 0 unspecified atom stereocenters. The molecule has 0 spiro atoms. The number of halogens is 3. The monoisotopic (exact) mass is 271 g/mol. The van der Waals surface area contributed by atoms with Gasteiger partial charge >= 0.3 is 6.18 Å². The lowest BCUT2D eigenvalue weighted by Crippen LogP contribution is -2.60. The molecule has 2 aliphatic heterocycles. The summed E-state index contributed by atoms with van der Waals surface area (Å²) in [6.07, 6.45) is -4.40. The minimum atomic E-state index is -4.40.